The third kappa shape index (κ3) is 3.23. The third-order valence-electron chi connectivity index (χ3n) is 3.15. The molecule has 2 N–H and O–H groups in total. The van der Waals surface area contributed by atoms with Gasteiger partial charge in [-0.15, -0.1) is 0 Å². The molecule has 1 aliphatic rings. The summed E-state index contributed by atoms with van der Waals surface area (Å²) in [6.45, 7) is 3.59. The molecule has 6 nitrogen and oxygen atoms in total. The van der Waals surface area contributed by atoms with Crippen molar-refractivity contribution < 1.29 is 9.66 Å². The van der Waals surface area contributed by atoms with Crippen molar-refractivity contribution in [2.24, 2.45) is 5.73 Å². The molecule has 0 bridgehead atoms. The summed E-state index contributed by atoms with van der Waals surface area (Å²) in [5, 5.41) is 11.1. The molecule has 0 saturated carbocycles. The molecule has 104 valence electrons. The summed E-state index contributed by atoms with van der Waals surface area (Å²) in [6, 6.07) is 4.84. The maximum absolute atomic E-state index is 11.1. The Morgan fingerprint density at radius 2 is 2.37 bits per heavy atom. The van der Waals surface area contributed by atoms with Gasteiger partial charge in [-0.2, -0.15) is 0 Å². The molecule has 0 aromatic heterocycles. The van der Waals surface area contributed by atoms with Crippen molar-refractivity contribution in [2.45, 2.75) is 19.1 Å². The highest BCUT2D eigenvalue weighted by atomic mass is 79.9. The number of ether oxygens (including phenoxy) is 1. The Morgan fingerprint density at radius 1 is 1.63 bits per heavy atom. The summed E-state index contributed by atoms with van der Waals surface area (Å²) in [6.07, 6.45) is -0.104. The Kier molecular flexibility index (Phi) is 4.38. The van der Waals surface area contributed by atoms with Crippen LogP contribution < -0.4 is 10.6 Å². The normalized spacial score (nSPS) is 21.2. The second-order valence-electron chi connectivity index (χ2n) is 4.60. The molecule has 2 rings (SSSR count). The van der Waals surface area contributed by atoms with Gasteiger partial charge in [0.25, 0.3) is 5.69 Å². The van der Waals surface area contributed by atoms with E-state index in [1.165, 1.54) is 6.07 Å². The number of nitro groups is 1. The zero-order valence-corrected chi connectivity index (χ0v) is 12.2. The van der Waals surface area contributed by atoms with Gasteiger partial charge in [-0.3, -0.25) is 10.1 Å². The number of hydrogen-bond acceptors (Lipinski definition) is 5. The molecule has 1 heterocycles. The average molecular weight is 330 g/mol. The van der Waals surface area contributed by atoms with E-state index in [4.69, 9.17) is 10.5 Å². The van der Waals surface area contributed by atoms with Gasteiger partial charge in [-0.1, -0.05) is 15.9 Å². The van der Waals surface area contributed by atoms with Gasteiger partial charge in [-0.25, -0.2) is 0 Å². The Morgan fingerprint density at radius 3 is 3.00 bits per heavy atom. The van der Waals surface area contributed by atoms with Gasteiger partial charge in [0.1, 0.15) is 5.69 Å². The fraction of sp³-hybridized carbons (Fsp3) is 0.500. The highest BCUT2D eigenvalue weighted by Crippen LogP contribution is 2.32. The summed E-state index contributed by atoms with van der Waals surface area (Å²) in [5.74, 6) is 0. The lowest BCUT2D eigenvalue weighted by Crippen LogP contribution is -2.49. The number of nitro benzene ring substituents is 1. The molecule has 0 radical (unpaired) electrons. The van der Waals surface area contributed by atoms with Crippen molar-refractivity contribution in [3.63, 3.8) is 0 Å². The molecular formula is C12H16BrN3O3. The average Bonchev–Trinajstić information content (AvgIpc) is 2.38. The Balaban J connectivity index is 2.30. The molecule has 2 unspecified atom stereocenters. The van der Waals surface area contributed by atoms with Gasteiger partial charge >= 0.3 is 0 Å². The van der Waals surface area contributed by atoms with E-state index in [1.54, 1.807) is 12.1 Å². The predicted molar refractivity (Wildman–Crippen MR) is 76.4 cm³/mol. The monoisotopic (exact) mass is 329 g/mol. The highest BCUT2D eigenvalue weighted by molar-refractivity contribution is 9.10. The number of nitrogens with two attached hydrogens (primary N) is 1. The standard InChI is InChI=1S/C12H16BrN3O3/c1-8(14)12-7-15(4-5-19-12)11-6-9(13)2-3-10(11)16(17)18/h2-3,6,8,12H,4-5,7,14H2,1H3. The first-order valence-corrected chi connectivity index (χ1v) is 6.84. The smallest absolute Gasteiger partial charge is 0.292 e. The van der Waals surface area contributed by atoms with Crippen molar-refractivity contribution in [2.75, 3.05) is 24.6 Å². The molecule has 7 heteroatoms. The van der Waals surface area contributed by atoms with Crippen LogP contribution in [0, 0.1) is 10.1 Å². The van der Waals surface area contributed by atoms with Crippen LogP contribution in [0.3, 0.4) is 0 Å². The van der Waals surface area contributed by atoms with Crippen molar-refractivity contribution in [3.8, 4) is 0 Å². The molecule has 1 saturated heterocycles. The minimum atomic E-state index is -0.363. The van der Waals surface area contributed by atoms with Crippen molar-refractivity contribution in [1.29, 1.82) is 0 Å². The van der Waals surface area contributed by atoms with Gasteiger partial charge in [-0.05, 0) is 19.1 Å². The van der Waals surface area contributed by atoms with Crippen molar-refractivity contribution in [3.05, 3.63) is 32.8 Å². The first-order chi connectivity index (χ1) is 8.99. The van der Waals surface area contributed by atoms with E-state index in [0.29, 0.717) is 25.4 Å². The maximum atomic E-state index is 11.1. The lowest BCUT2D eigenvalue weighted by molar-refractivity contribution is -0.384. The number of nitrogens with zero attached hydrogens (tertiary/aromatic N) is 2. The fourth-order valence-corrected chi connectivity index (χ4v) is 2.47. The first kappa shape index (κ1) is 14.2. The van der Waals surface area contributed by atoms with E-state index >= 15 is 0 Å². The van der Waals surface area contributed by atoms with Crippen LogP contribution in [0.5, 0.6) is 0 Å². The minimum Gasteiger partial charge on any atom is -0.373 e. The van der Waals surface area contributed by atoms with Gasteiger partial charge < -0.3 is 15.4 Å². The van der Waals surface area contributed by atoms with E-state index in [1.807, 2.05) is 11.8 Å². The Hall–Kier alpha value is -1.18. The number of benzene rings is 1. The zero-order chi connectivity index (χ0) is 14.0. The summed E-state index contributed by atoms with van der Waals surface area (Å²) in [4.78, 5) is 12.7. The van der Waals surface area contributed by atoms with Crippen LogP contribution in [0.1, 0.15) is 6.92 Å². The van der Waals surface area contributed by atoms with Crippen LogP contribution in [0.25, 0.3) is 0 Å². The van der Waals surface area contributed by atoms with Crippen LogP contribution in [-0.2, 0) is 4.74 Å². The topological polar surface area (TPSA) is 81.6 Å². The number of morpholine rings is 1. The molecule has 2 atom stereocenters. The van der Waals surface area contributed by atoms with Gasteiger partial charge in [0.05, 0.1) is 17.6 Å². The van der Waals surface area contributed by atoms with E-state index in [0.717, 1.165) is 4.47 Å². The molecule has 1 aromatic rings. The van der Waals surface area contributed by atoms with E-state index in [9.17, 15) is 10.1 Å². The molecular weight excluding hydrogens is 314 g/mol. The number of anilines is 1. The van der Waals surface area contributed by atoms with E-state index in [2.05, 4.69) is 15.9 Å². The molecule has 0 aliphatic carbocycles. The summed E-state index contributed by atoms with van der Waals surface area (Å²) in [7, 11) is 0. The summed E-state index contributed by atoms with van der Waals surface area (Å²) >= 11 is 3.35. The van der Waals surface area contributed by atoms with Gasteiger partial charge in [0, 0.05) is 29.7 Å². The first-order valence-electron chi connectivity index (χ1n) is 6.05. The lowest BCUT2D eigenvalue weighted by atomic mass is 10.1. The molecule has 1 aliphatic heterocycles. The van der Waals surface area contributed by atoms with Crippen LogP contribution in [-0.4, -0.2) is 36.8 Å². The Labute approximate surface area is 119 Å². The molecule has 0 amide bonds. The second-order valence-corrected chi connectivity index (χ2v) is 5.52. The Bertz CT molecular complexity index is 481. The van der Waals surface area contributed by atoms with Crippen LogP contribution in [0.2, 0.25) is 0 Å². The highest BCUT2D eigenvalue weighted by Gasteiger charge is 2.27. The predicted octanol–water partition coefficient (Wildman–Crippen LogP) is 1.91. The third-order valence-corrected chi connectivity index (χ3v) is 3.65. The SMILES string of the molecule is CC(N)C1CN(c2cc(Br)ccc2[N+](=O)[O-])CCO1. The maximum Gasteiger partial charge on any atom is 0.292 e. The quantitative estimate of drug-likeness (QED) is 0.676. The number of hydrogen-bond donors (Lipinski definition) is 1. The van der Waals surface area contributed by atoms with Gasteiger partial charge in [0.15, 0.2) is 0 Å². The fourth-order valence-electron chi connectivity index (χ4n) is 2.12. The van der Waals surface area contributed by atoms with Crippen LogP contribution in [0.4, 0.5) is 11.4 Å². The van der Waals surface area contributed by atoms with E-state index in [-0.39, 0.29) is 22.8 Å². The van der Waals surface area contributed by atoms with Crippen molar-refractivity contribution in [1.82, 2.24) is 0 Å². The lowest BCUT2D eigenvalue weighted by Gasteiger charge is -2.35. The number of halogens is 1. The molecule has 1 fully saturated rings. The van der Waals surface area contributed by atoms with Gasteiger partial charge in [0.2, 0.25) is 0 Å². The minimum absolute atomic E-state index is 0.103. The number of rotatable bonds is 3. The molecule has 1 aromatic carbocycles. The molecule has 0 spiro atoms. The second kappa shape index (κ2) is 5.85. The van der Waals surface area contributed by atoms with Crippen LogP contribution in [0.15, 0.2) is 22.7 Å². The van der Waals surface area contributed by atoms with Crippen molar-refractivity contribution >= 4 is 27.3 Å². The molecule has 19 heavy (non-hydrogen) atoms. The van der Waals surface area contributed by atoms with E-state index < -0.39 is 0 Å². The summed E-state index contributed by atoms with van der Waals surface area (Å²) in [5.41, 5.74) is 6.55. The van der Waals surface area contributed by atoms with Crippen LogP contribution >= 0.6 is 15.9 Å². The zero-order valence-electron chi connectivity index (χ0n) is 10.6. The largest absolute Gasteiger partial charge is 0.373 e. The summed E-state index contributed by atoms with van der Waals surface area (Å²) < 4.78 is 6.39.